The van der Waals surface area contributed by atoms with E-state index in [-0.39, 0.29) is 5.91 Å². The Morgan fingerprint density at radius 2 is 2.47 bits per heavy atom. The monoisotopic (exact) mass is 254 g/mol. The van der Waals surface area contributed by atoms with E-state index in [1.807, 2.05) is 4.90 Å². The summed E-state index contributed by atoms with van der Waals surface area (Å²) in [5, 5.41) is 7.38. The van der Waals surface area contributed by atoms with Gasteiger partial charge in [-0.2, -0.15) is 0 Å². The fourth-order valence-corrected chi connectivity index (χ4v) is 2.71. The van der Waals surface area contributed by atoms with E-state index in [0.717, 1.165) is 43.0 Å². The van der Waals surface area contributed by atoms with Crippen molar-refractivity contribution in [3.8, 4) is 0 Å². The molecule has 1 aliphatic heterocycles. The molecule has 0 spiro atoms. The van der Waals surface area contributed by atoms with Gasteiger partial charge in [-0.05, 0) is 24.9 Å². The molecule has 1 saturated heterocycles. The lowest BCUT2D eigenvalue weighted by molar-refractivity contribution is 0.0712. The normalized spacial score (nSPS) is 20.6. The van der Waals surface area contributed by atoms with Crippen molar-refractivity contribution < 1.29 is 4.79 Å². The van der Waals surface area contributed by atoms with Crippen molar-refractivity contribution in [1.82, 2.24) is 19.8 Å². The topological polar surface area (TPSA) is 58.1 Å². The molecule has 0 aromatic carbocycles. The zero-order chi connectivity index (χ0) is 12.3. The molecule has 2 rings (SSSR count). The van der Waals surface area contributed by atoms with E-state index < -0.39 is 0 Å². The van der Waals surface area contributed by atoms with Crippen LogP contribution in [0.4, 0.5) is 0 Å². The Hall–Kier alpha value is -1.01. The molecular formula is C11H18N4OS. The van der Waals surface area contributed by atoms with Gasteiger partial charge in [-0.3, -0.25) is 4.79 Å². The van der Waals surface area contributed by atoms with Gasteiger partial charge in [0.05, 0.1) is 5.69 Å². The summed E-state index contributed by atoms with van der Waals surface area (Å²) in [5.41, 5.74) is 0.855. The first kappa shape index (κ1) is 12.4. The highest BCUT2D eigenvalue weighted by Crippen LogP contribution is 2.16. The molecule has 1 N–H and O–H groups in total. The maximum absolute atomic E-state index is 12.3. The maximum atomic E-state index is 12.3. The van der Waals surface area contributed by atoms with E-state index in [9.17, 15) is 4.79 Å². The summed E-state index contributed by atoms with van der Waals surface area (Å²) in [5.74, 6) is 0.0943. The molecule has 17 heavy (non-hydrogen) atoms. The van der Waals surface area contributed by atoms with Crippen LogP contribution in [0.3, 0.4) is 0 Å². The van der Waals surface area contributed by atoms with Crippen LogP contribution in [0.15, 0.2) is 0 Å². The van der Waals surface area contributed by atoms with Crippen LogP contribution >= 0.6 is 11.5 Å². The van der Waals surface area contributed by atoms with E-state index in [4.69, 9.17) is 0 Å². The van der Waals surface area contributed by atoms with Gasteiger partial charge in [0.2, 0.25) is 0 Å². The molecule has 1 fully saturated rings. The average Bonchev–Trinajstić information content (AvgIpc) is 2.77. The van der Waals surface area contributed by atoms with Crippen LogP contribution in [0, 0.1) is 0 Å². The minimum atomic E-state index is 0.0943. The summed E-state index contributed by atoms with van der Waals surface area (Å²) in [7, 11) is 0. The molecule has 1 unspecified atom stereocenters. The van der Waals surface area contributed by atoms with Gasteiger partial charge in [0.15, 0.2) is 0 Å². The third-order valence-electron chi connectivity index (χ3n) is 2.89. The Morgan fingerprint density at radius 1 is 1.65 bits per heavy atom. The van der Waals surface area contributed by atoms with Crippen molar-refractivity contribution in [2.45, 2.75) is 32.7 Å². The first-order chi connectivity index (χ1) is 8.22. The van der Waals surface area contributed by atoms with Crippen molar-refractivity contribution in [3.05, 3.63) is 10.6 Å². The third-order valence-corrected chi connectivity index (χ3v) is 3.65. The minimum Gasteiger partial charge on any atom is -0.335 e. The standard InChI is InChI=1S/C11H18N4OS/c1-3-4-9-10(17-14-13-9)11(16)15-6-5-12-8(2)7-15/h8,12H,3-7H2,1-2H3. The number of carbonyl (C=O) groups is 1. The minimum absolute atomic E-state index is 0.0943. The molecule has 1 aromatic heterocycles. The SMILES string of the molecule is CCCc1nnsc1C(=O)N1CCNC(C)C1. The summed E-state index contributed by atoms with van der Waals surface area (Å²) >= 11 is 1.22. The smallest absolute Gasteiger partial charge is 0.267 e. The summed E-state index contributed by atoms with van der Waals surface area (Å²) in [6.07, 6.45) is 1.82. The fraction of sp³-hybridized carbons (Fsp3) is 0.727. The fourth-order valence-electron chi connectivity index (χ4n) is 2.03. The number of amides is 1. The molecule has 5 nitrogen and oxygen atoms in total. The molecule has 1 atom stereocenters. The molecule has 0 aliphatic carbocycles. The van der Waals surface area contributed by atoms with E-state index in [2.05, 4.69) is 28.8 Å². The highest BCUT2D eigenvalue weighted by atomic mass is 32.1. The first-order valence-electron chi connectivity index (χ1n) is 6.06. The molecule has 1 aliphatic rings. The second kappa shape index (κ2) is 5.55. The van der Waals surface area contributed by atoms with Crippen LogP contribution in [0.25, 0.3) is 0 Å². The Kier molecular flexibility index (Phi) is 4.06. The van der Waals surface area contributed by atoms with Crippen molar-refractivity contribution in [2.24, 2.45) is 0 Å². The molecule has 0 saturated carbocycles. The predicted octanol–water partition coefficient (Wildman–Crippen LogP) is 0.924. The van der Waals surface area contributed by atoms with Gasteiger partial charge < -0.3 is 10.2 Å². The van der Waals surface area contributed by atoms with Crippen LogP contribution in [0.1, 0.15) is 35.6 Å². The summed E-state index contributed by atoms with van der Waals surface area (Å²) < 4.78 is 3.90. The van der Waals surface area contributed by atoms with Crippen LogP contribution in [-0.4, -0.2) is 46.1 Å². The Balaban J connectivity index is 2.10. The highest BCUT2D eigenvalue weighted by Gasteiger charge is 2.25. The Labute approximate surface area is 105 Å². The van der Waals surface area contributed by atoms with Crippen molar-refractivity contribution in [2.75, 3.05) is 19.6 Å². The van der Waals surface area contributed by atoms with Crippen LogP contribution in [-0.2, 0) is 6.42 Å². The van der Waals surface area contributed by atoms with E-state index in [1.54, 1.807) is 0 Å². The van der Waals surface area contributed by atoms with Crippen LogP contribution < -0.4 is 5.32 Å². The molecule has 6 heteroatoms. The number of aromatic nitrogens is 2. The molecule has 94 valence electrons. The van der Waals surface area contributed by atoms with Crippen LogP contribution in [0.5, 0.6) is 0 Å². The largest absolute Gasteiger partial charge is 0.335 e. The van der Waals surface area contributed by atoms with E-state index in [0.29, 0.717) is 6.04 Å². The van der Waals surface area contributed by atoms with Gasteiger partial charge >= 0.3 is 0 Å². The molecule has 0 radical (unpaired) electrons. The summed E-state index contributed by atoms with van der Waals surface area (Å²) in [6, 6.07) is 0.364. The van der Waals surface area contributed by atoms with Gasteiger partial charge in [0.1, 0.15) is 4.88 Å². The summed E-state index contributed by atoms with van der Waals surface area (Å²) in [6.45, 7) is 6.58. The number of aryl methyl sites for hydroxylation is 1. The number of nitrogens with zero attached hydrogens (tertiary/aromatic N) is 3. The van der Waals surface area contributed by atoms with Gasteiger partial charge in [0, 0.05) is 25.7 Å². The number of rotatable bonds is 3. The lowest BCUT2D eigenvalue weighted by Gasteiger charge is -2.31. The number of nitrogens with one attached hydrogen (secondary N) is 1. The highest BCUT2D eigenvalue weighted by molar-refractivity contribution is 7.08. The Bertz CT molecular complexity index is 393. The maximum Gasteiger partial charge on any atom is 0.267 e. The lowest BCUT2D eigenvalue weighted by Crippen LogP contribution is -2.51. The average molecular weight is 254 g/mol. The number of carbonyl (C=O) groups excluding carboxylic acids is 1. The van der Waals surface area contributed by atoms with Crippen LogP contribution in [0.2, 0.25) is 0 Å². The quantitative estimate of drug-likeness (QED) is 0.871. The predicted molar refractivity (Wildman–Crippen MR) is 67.3 cm³/mol. The number of hydrogen-bond donors (Lipinski definition) is 1. The van der Waals surface area contributed by atoms with Gasteiger partial charge in [-0.1, -0.05) is 17.8 Å². The van der Waals surface area contributed by atoms with Gasteiger partial charge in [-0.25, -0.2) is 0 Å². The second-order valence-corrected chi connectivity index (χ2v) is 5.16. The molecule has 1 amide bonds. The number of hydrogen-bond acceptors (Lipinski definition) is 5. The van der Waals surface area contributed by atoms with E-state index >= 15 is 0 Å². The molecule has 0 bridgehead atoms. The lowest BCUT2D eigenvalue weighted by atomic mass is 10.2. The Morgan fingerprint density at radius 3 is 3.18 bits per heavy atom. The van der Waals surface area contributed by atoms with E-state index in [1.165, 1.54) is 11.5 Å². The zero-order valence-corrected chi connectivity index (χ0v) is 11.1. The summed E-state index contributed by atoms with van der Waals surface area (Å²) in [4.78, 5) is 15.0. The molecule has 2 heterocycles. The third kappa shape index (κ3) is 2.81. The van der Waals surface area contributed by atoms with Crippen molar-refractivity contribution >= 4 is 17.4 Å². The second-order valence-electron chi connectivity index (χ2n) is 4.41. The first-order valence-corrected chi connectivity index (χ1v) is 6.83. The van der Waals surface area contributed by atoms with Crippen molar-refractivity contribution in [3.63, 3.8) is 0 Å². The molecular weight excluding hydrogens is 236 g/mol. The van der Waals surface area contributed by atoms with Crippen molar-refractivity contribution in [1.29, 1.82) is 0 Å². The zero-order valence-electron chi connectivity index (χ0n) is 10.3. The molecule has 1 aromatic rings. The number of piperazine rings is 1. The van der Waals surface area contributed by atoms with Gasteiger partial charge in [0.25, 0.3) is 5.91 Å². The van der Waals surface area contributed by atoms with Gasteiger partial charge in [-0.15, -0.1) is 5.10 Å².